The number of carboxylic acid groups (broad SMARTS) is 1. The predicted molar refractivity (Wildman–Crippen MR) is 124 cm³/mol. The summed E-state index contributed by atoms with van der Waals surface area (Å²) in [7, 11) is -2.26. The van der Waals surface area contributed by atoms with Gasteiger partial charge in [-0.3, -0.25) is 0 Å². The van der Waals surface area contributed by atoms with Gasteiger partial charge in [-0.1, -0.05) is 42.5 Å². The minimum atomic E-state index is -3.85. The Morgan fingerprint density at radius 2 is 1.56 bits per heavy atom. The number of anilines is 1. The van der Waals surface area contributed by atoms with Crippen molar-refractivity contribution in [2.24, 2.45) is 0 Å². The van der Waals surface area contributed by atoms with Gasteiger partial charge in [0.05, 0.1) is 17.6 Å². The van der Waals surface area contributed by atoms with Gasteiger partial charge in [-0.25, -0.2) is 17.9 Å². The minimum absolute atomic E-state index is 0.0850. The van der Waals surface area contributed by atoms with Crippen molar-refractivity contribution in [1.29, 1.82) is 0 Å². The zero-order chi connectivity index (χ0) is 23.0. The summed E-state index contributed by atoms with van der Waals surface area (Å²) in [5, 5.41) is 12.7. The fourth-order valence-electron chi connectivity index (χ4n) is 3.21. The van der Waals surface area contributed by atoms with Crippen molar-refractivity contribution < 1.29 is 23.1 Å². The summed E-state index contributed by atoms with van der Waals surface area (Å²) in [6.45, 7) is 0.713. The van der Waals surface area contributed by atoms with E-state index in [-0.39, 0.29) is 17.0 Å². The molecule has 0 saturated heterocycles. The van der Waals surface area contributed by atoms with Gasteiger partial charge in [-0.2, -0.15) is 0 Å². The molecule has 0 unspecified atom stereocenters. The molecule has 0 aliphatic heterocycles. The fraction of sp³-hybridized carbons (Fsp3) is 0.208. The normalized spacial score (nSPS) is 11.2. The smallest absolute Gasteiger partial charge is 0.337 e. The van der Waals surface area contributed by atoms with Crippen LogP contribution in [0.25, 0.3) is 0 Å². The number of carbonyl (C=O) groups is 1. The Labute approximate surface area is 188 Å². The molecule has 3 N–H and O–H groups in total. The van der Waals surface area contributed by atoms with Crippen LogP contribution >= 0.6 is 0 Å². The largest absolute Gasteiger partial charge is 0.497 e. The van der Waals surface area contributed by atoms with Crippen molar-refractivity contribution >= 4 is 21.7 Å². The first kappa shape index (κ1) is 23.3. The van der Waals surface area contributed by atoms with E-state index in [1.165, 1.54) is 18.2 Å². The predicted octanol–water partition coefficient (Wildman–Crippen LogP) is 3.57. The molecule has 3 aromatic rings. The Morgan fingerprint density at radius 1 is 0.906 bits per heavy atom. The molecule has 0 radical (unpaired) electrons. The molecule has 8 heteroatoms. The summed E-state index contributed by atoms with van der Waals surface area (Å²) in [4.78, 5) is 11.6. The van der Waals surface area contributed by atoms with Gasteiger partial charge in [0.25, 0.3) is 0 Å². The van der Waals surface area contributed by atoms with E-state index in [4.69, 9.17) is 4.74 Å². The Kier molecular flexibility index (Phi) is 7.86. The first-order chi connectivity index (χ1) is 15.4. The lowest BCUT2D eigenvalue weighted by molar-refractivity contribution is 0.0697. The van der Waals surface area contributed by atoms with Crippen LogP contribution in [0.3, 0.4) is 0 Å². The number of benzene rings is 3. The molecule has 3 aromatic carbocycles. The highest BCUT2D eigenvalue weighted by atomic mass is 32.2. The summed E-state index contributed by atoms with van der Waals surface area (Å²) in [5.41, 5.74) is 2.37. The Balaban J connectivity index is 1.63. The van der Waals surface area contributed by atoms with E-state index in [9.17, 15) is 18.3 Å². The maximum absolute atomic E-state index is 12.7. The molecule has 7 nitrogen and oxygen atoms in total. The van der Waals surface area contributed by atoms with Gasteiger partial charge >= 0.3 is 5.97 Å². The number of carboxylic acids is 1. The third-order valence-electron chi connectivity index (χ3n) is 4.97. The average molecular weight is 455 g/mol. The van der Waals surface area contributed by atoms with Gasteiger partial charge in [-0.05, 0) is 54.3 Å². The molecule has 0 amide bonds. The molecule has 3 rings (SSSR count). The van der Waals surface area contributed by atoms with Crippen LogP contribution in [0.15, 0.2) is 77.7 Å². The van der Waals surface area contributed by atoms with Gasteiger partial charge in [-0.15, -0.1) is 0 Å². The lowest BCUT2D eigenvalue weighted by Crippen LogP contribution is -2.26. The maximum atomic E-state index is 12.7. The number of sulfonamides is 1. The molecular formula is C24H26N2O5S. The number of aromatic carboxylic acids is 1. The SMILES string of the molecule is COc1ccc(CCNS(=O)(=O)c2ccc(NCCc3ccccc3)c(C(=O)O)c2)cc1. The molecule has 0 saturated carbocycles. The van der Waals surface area contributed by atoms with Crippen molar-refractivity contribution in [2.45, 2.75) is 17.7 Å². The molecule has 0 spiro atoms. The molecule has 0 bridgehead atoms. The quantitative estimate of drug-likeness (QED) is 0.409. The number of hydrogen-bond donors (Lipinski definition) is 3. The van der Waals surface area contributed by atoms with Crippen LogP contribution in [-0.4, -0.2) is 39.7 Å². The Morgan fingerprint density at radius 3 is 2.22 bits per heavy atom. The van der Waals surface area contributed by atoms with Crippen LogP contribution in [0.1, 0.15) is 21.5 Å². The van der Waals surface area contributed by atoms with Gasteiger partial charge in [0.2, 0.25) is 10.0 Å². The number of methoxy groups -OCH3 is 1. The van der Waals surface area contributed by atoms with Crippen LogP contribution in [-0.2, 0) is 22.9 Å². The summed E-state index contributed by atoms with van der Waals surface area (Å²) in [6, 6.07) is 21.3. The Hall–Kier alpha value is -3.36. The molecule has 0 aromatic heterocycles. The highest BCUT2D eigenvalue weighted by Crippen LogP contribution is 2.21. The number of ether oxygens (including phenoxy) is 1. The standard InChI is InChI=1S/C24H26N2O5S/c1-31-20-9-7-19(8-10-20)14-16-26-32(29,30)21-11-12-23(22(17-21)24(27)28)25-15-13-18-5-3-2-4-6-18/h2-12,17,25-26H,13-16H2,1H3,(H,27,28). The van der Waals surface area contributed by atoms with Crippen molar-refractivity contribution in [3.8, 4) is 5.75 Å². The number of rotatable bonds is 11. The molecular weight excluding hydrogens is 428 g/mol. The lowest BCUT2D eigenvalue weighted by atomic mass is 10.1. The van der Waals surface area contributed by atoms with E-state index in [1.807, 2.05) is 54.6 Å². The number of nitrogens with one attached hydrogen (secondary N) is 2. The molecule has 0 aliphatic carbocycles. The third-order valence-corrected chi connectivity index (χ3v) is 6.43. The molecule has 168 valence electrons. The second-order valence-electron chi connectivity index (χ2n) is 7.17. The molecule has 0 aliphatic rings. The number of hydrogen-bond acceptors (Lipinski definition) is 5. The fourth-order valence-corrected chi connectivity index (χ4v) is 4.27. The first-order valence-corrected chi connectivity index (χ1v) is 11.6. The topological polar surface area (TPSA) is 105 Å². The van der Waals surface area contributed by atoms with E-state index in [0.29, 0.717) is 25.1 Å². The highest BCUT2D eigenvalue weighted by Gasteiger charge is 2.18. The van der Waals surface area contributed by atoms with Crippen LogP contribution < -0.4 is 14.8 Å². The van der Waals surface area contributed by atoms with E-state index in [2.05, 4.69) is 10.0 Å². The van der Waals surface area contributed by atoms with Gasteiger partial charge in [0, 0.05) is 18.8 Å². The summed E-state index contributed by atoms with van der Waals surface area (Å²) < 4.78 is 33.0. The van der Waals surface area contributed by atoms with Crippen molar-refractivity contribution in [3.63, 3.8) is 0 Å². The van der Waals surface area contributed by atoms with Crippen molar-refractivity contribution in [2.75, 3.05) is 25.5 Å². The van der Waals surface area contributed by atoms with Crippen LogP contribution in [0.4, 0.5) is 5.69 Å². The van der Waals surface area contributed by atoms with E-state index in [1.54, 1.807) is 7.11 Å². The maximum Gasteiger partial charge on any atom is 0.337 e. The van der Waals surface area contributed by atoms with Crippen LogP contribution in [0, 0.1) is 0 Å². The zero-order valence-electron chi connectivity index (χ0n) is 17.7. The van der Waals surface area contributed by atoms with E-state index < -0.39 is 16.0 Å². The van der Waals surface area contributed by atoms with Crippen molar-refractivity contribution in [3.05, 3.63) is 89.5 Å². The lowest BCUT2D eigenvalue weighted by Gasteiger charge is -2.12. The summed E-state index contributed by atoms with van der Waals surface area (Å²) in [5.74, 6) is -0.463. The minimum Gasteiger partial charge on any atom is -0.497 e. The second-order valence-corrected chi connectivity index (χ2v) is 8.94. The Bertz CT molecular complexity index is 1150. The van der Waals surface area contributed by atoms with Crippen LogP contribution in [0.5, 0.6) is 5.75 Å². The average Bonchev–Trinajstić information content (AvgIpc) is 2.80. The highest BCUT2D eigenvalue weighted by molar-refractivity contribution is 7.89. The molecule has 32 heavy (non-hydrogen) atoms. The first-order valence-electron chi connectivity index (χ1n) is 10.2. The van der Waals surface area contributed by atoms with Crippen molar-refractivity contribution in [1.82, 2.24) is 4.72 Å². The van der Waals surface area contributed by atoms with Gasteiger partial charge in [0.1, 0.15) is 5.75 Å². The van der Waals surface area contributed by atoms with Gasteiger partial charge < -0.3 is 15.2 Å². The van der Waals surface area contributed by atoms with E-state index >= 15 is 0 Å². The molecule has 0 atom stereocenters. The monoisotopic (exact) mass is 454 g/mol. The van der Waals surface area contributed by atoms with Crippen LogP contribution in [0.2, 0.25) is 0 Å². The summed E-state index contributed by atoms with van der Waals surface area (Å²) in [6.07, 6.45) is 1.21. The van der Waals surface area contributed by atoms with E-state index in [0.717, 1.165) is 16.9 Å². The zero-order valence-corrected chi connectivity index (χ0v) is 18.6. The second kappa shape index (κ2) is 10.8. The molecule has 0 heterocycles. The molecule has 0 fully saturated rings. The summed E-state index contributed by atoms with van der Waals surface area (Å²) >= 11 is 0. The third kappa shape index (κ3) is 6.32. The van der Waals surface area contributed by atoms with Gasteiger partial charge in [0.15, 0.2) is 0 Å².